The van der Waals surface area contributed by atoms with Gasteiger partial charge in [0.2, 0.25) is 0 Å². The lowest BCUT2D eigenvalue weighted by molar-refractivity contribution is 0.176. The highest BCUT2D eigenvalue weighted by molar-refractivity contribution is 6.09. The van der Waals surface area contributed by atoms with Crippen molar-refractivity contribution in [1.82, 2.24) is 9.55 Å². The van der Waals surface area contributed by atoms with Gasteiger partial charge in [-0.25, -0.2) is 4.98 Å². The van der Waals surface area contributed by atoms with Gasteiger partial charge in [0.15, 0.2) is 0 Å². The molecule has 1 saturated heterocycles. The molecule has 0 aliphatic carbocycles. The number of nitrogens with zero attached hydrogens (tertiary/aromatic N) is 3. The first kappa shape index (κ1) is 18.6. The number of rotatable bonds is 2. The fraction of sp³-hybridized carbons (Fsp3) is 0.435. The number of fused-ring (bicyclic) bond motifs is 3. The summed E-state index contributed by atoms with van der Waals surface area (Å²) in [5.74, 6) is 8.08. The van der Waals surface area contributed by atoms with Crippen LogP contribution in [-0.4, -0.2) is 35.5 Å². The quantitative estimate of drug-likeness (QED) is 0.599. The zero-order valence-electron chi connectivity index (χ0n) is 16.4. The van der Waals surface area contributed by atoms with Crippen molar-refractivity contribution >= 4 is 16.6 Å². The topological polar surface area (TPSA) is 56.5 Å². The third kappa shape index (κ3) is 3.65. The minimum absolute atomic E-state index is 0.0498. The van der Waals surface area contributed by atoms with Crippen molar-refractivity contribution < 1.29 is 4.74 Å². The van der Waals surface area contributed by atoms with Crippen LogP contribution in [0.4, 0.5) is 0 Å². The molecule has 144 valence electrons. The molecule has 0 bridgehead atoms. The second-order valence-corrected chi connectivity index (χ2v) is 7.44. The molecule has 5 nitrogen and oxygen atoms in total. The summed E-state index contributed by atoms with van der Waals surface area (Å²) in [7, 11) is 1.74. The number of hydrogen-bond donors (Lipinski definition) is 0. The number of aryl methyl sites for hydroxylation is 1. The minimum atomic E-state index is 0.0498. The Kier molecular flexibility index (Phi) is 5.40. The molecule has 0 spiro atoms. The van der Waals surface area contributed by atoms with Gasteiger partial charge in [0.05, 0.1) is 17.5 Å². The summed E-state index contributed by atoms with van der Waals surface area (Å²) in [5, 5.41) is 0.655. The standard InChI is InChI=1S/C23H25N3O2/c1-3-4-5-19(24-2)9-6-16-7-10-20-21(12-16)25-22-11-8-17-14-28-15-18(17)13-26(22)23(20)27/h4-5,7,10,12,17-18H,3,8,11,13-15H2,1-2H3/b5-4-,24-19?. The van der Waals surface area contributed by atoms with Gasteiger partial charge < -0.3 is 4.74 Å². The smallest absolute Gasteiger partial charge is 0.261 e. The molecule has 0 radical (unpaired) electrons. The highest BCUT2D eigenvalue weighted by Gasteiger charge is 2.32. The van der Waals surface area contributed by atoms with Crippen LogP contribution in [-0.2, 0) is 17.7 Å². The summed E-state index contributed by atoms with van der Waals surface area (Å²) >= 11 is 0. The molecule has 2 unspecified atom stereocenters. The zero-order chi connectivity index (χ0) is 19.5. The summed E-state index contributed by atoms with van der Waals surface area (Å²) in [4.78, 5) is 22.1. The lowest BCUT2D eigenvalue weighted by Crippen LogP contribution is -2.28. The predicted molar refractivity (Wildman–Crippen MR) is 112 cm³/mol. The largest absolute Gasteiger partial charge is 0.381 e. The van der Waals surface area contributed by atoms with Crippen LogP contribution in [0.1, 0.15) is 31.2 Å². The van der Waals surface area contributed by atoms with Crippen LogP contribution in [0.2, 0.25) is 0 Å². The number of benzene rings is 1. The Morgan fingerprint density at radius 3 is 3.07 bits per heavy atom. The fourth-order valence-electron chi connectivity index (χ4n) is 3.97. The van der Waals surface area contributed by atoms with Crippen molar-refractivity contribution in [3.8, 4) is 11.8 Å². The van der Waals surface area contributed by atoms with Crippen LogP contribution in [0.25, 0.3) is 10.9 Å². The molecular formula is C23H25N3O2. The van der Waals surface area contributed by atoms with E-state index in [2.05, 4.69) is 23.8 Å². The Balaban J connectivity index is 1.70. The lowest BCUT2D eigenvalue weighted by atomic mass is 9.93. The van der Waals surface area contributed by atoms with Crippen molar-refractivity contribution in [3.63, 3.8) is 0 Å². The summed E-state index contributed by atoms with van der Waals surface area (Å²) < 4.78 is 7.49. The van der Waals surface area contributed by atoms with Gasteiger partial charge >= 0.3 is 0 Å². The van der Waals surface area contributed by atoms with Gasteiger partial charge in [-0.05, 0) is 49.0 Å². The van der Waals surface area contributed by atoms with E-state index in [9.17, 15) is 4.79 Å². The van der Waals surface area contributed by atoms with Crippen LogP contribution >= 0.6 is 0 Å². The third-order valence-electron chi connectivity index (χ3n) is 5.61. The summed E-state index contributed by atoms with van der Waals surface area (Å²) in [6.07, 6.45) is 6.76. The maximum absolute atomic E-state index is 13.1. The van der Waals surface area contributed by atoms with Crippen LogP contribution in [0.15, 0.2) is 40.1 Å². The first-order chi connectivity index (χ1) is 13.7. The average Bonchev–Trinajstić information content (AvgIpc) is 3.08. The molecule has 4 rings (SSSR count). The molecule has 28 heavy (non-hydrogen) atoms. The predicted octanol–water partition coefficient (Wildman–Crippen LogP) is 2.99. The van der Waals surface area contributed by atoms with Crippen LogP contribution in [0.3, 0.4) is 0 Å². The highest BCUT2D eigenvalue weighted by atomic mass is 16.5. The van der Waals surface area contributed by atoms with Crippen molar-refractivity contribution in [2.75, 3.05) is 20.3 Å². The van der Waals surface area contributed by atoms with Gasteiger partial charge in [-0.2, -0.15) is 0 Å². The van der Waals surface area contributed by atoms with Gasteiger partial charge in [0.1, 0.15) is 11.5 Å². The molecule has 0 N–H and O–H groups in total. The van der Waals surface area contributed by atoms with E-state index in [0.29, 0.717) is 23.8 Å². The third-order valence-corrected chi connectivity index (χ3v) is 5.61. The van der Waals surface area contributed by atoms with Gasteiger partial charge in [-0.3, -0.25) is 14.4 Å². The maximum Gasteiger partial charge on any atom is 0.261 e. The fourth-order valence-corrected chi connectivity index (χ4v) is 3.97. The molecule has 0 saturated carbocycles. The molecule has 3 heterocycles. The van der Waals surface area contributed by atoms with Crippen molar-refractivity contribution in [2.24, 2.45) is 16.8 Å². The van der Waals surface area contributed by atoms with E-state index in [1.165, 1.54) is 0 Å². The molecule has 1 aromatic heterocycles. The summed E-state index contributed by atoms with van der Waals surface area (Å²) in [6, 6.07) is 5.65. The van der Waals surface area contributed by atoms with Crippen molar-refractivity contribution in [2.45, 2.75) is 32.7 Å². The second kappa shape index (κ2) is 8.12. The first-order valence-electron chi connectivity index (χ1n) is 9.96. The molecule has 2 aliphatic rings. The SMILES string of the molecule is CC/C=C\C(C#Cc1ccc2c(=O)n3c(nc2c1)CCC1COCC1C3)=NC. The van der Waals surface area contributed by atoms with Gasteiger partial charge in [-0.1, -0.05) is 18.9 Å². The van der Waals surface area contributed by atoms with E-state index < -0.39 is 0 Å². The van der Waals surface area contributed by atoms with Crippen LogP contribution in [0, 0.1) is 23.7 Å². The molecule has 2 aliphatic heterocycles. The summed E-state index contributed by atoms with van der Waals surface area (Å²) in [5.41, 5.74) is 2.36. The van der Waals surface area contributed by atoms with E-state index >= 15 is 0 Å². The minimum Gasteiger partial charge on any atom is -0.381 e. The van der Waals surface area contributed by atoms with Crippen LogP contribution in [0.5, 0.6) is 0 Å². The van der Waals surface area contributed by atoms with Gasteiger partial charge in [-0.15, -0.1) is 0 Å². The van der Waals surface area contributed by atoms with Crippen LogP contribution < -0.4 is 5.56 Å². The normalized spacial score (nSPS) is 21.9. The lowest BCUT2D eigenvalue weighted by Gasteiger charge is -2.14. The highest BCUT2D eigenvalue weighted by Crippen LogP contribution is 2.29. The average molecular weight is 375 g/mol. The van der Waals surface area contributed by atoms with E-state index in [1.807, 2.05) is 34.9 Å². The summed E-state index contributed by atoms with van der Waals surface area (Å²) in [6.45, 7) is 4.34. The number of aromatic nitrogens is 2. The number of aliphatic imine (C=N–C) groups is 1. The zero-order valence-corrected chi connectivity index (χ0v) is 16.4. The van der Waals surface area contributed by atoms with E-state index in [-0.39, 0.29) is 5.56 Å². The molecule has 0 amide bonds. The monoisotopic (exact) mass is 375 g/mol. The first-order valence-corrected chi connectivity index (χ1v) is 9.96. The Morgan fingerprint density at radius 2 is 2.25 bits per heavy atom. The van der Waals surface area contributed by atoms with E-state index in [4.69, 9.17) is 9.72 Å². The number of hydrogen-bond acceptors (Lipinski definition) is 4. The molecule has 2 atom stereocenters. The second-order valence-electron chi connectivity index (χ2n) is 7.44. The van der Waals surface area contributed by atoms with Crippen molar-refractivity contribution in [3.05, 3.63) is 52.1 Å². The Morgan fingerprint density at radius 1 is 1.39 bits per heavy atom. The van der Waals surface area contributed by atoms with E-state index in [1.54, 1.807) is 7.05 Å². The molecule has 2 aromatic rings. The molecule has 1 fully saturated rings. The Hall–Kier alpha value is -2.71. The molecule has 1 aromatic carbocycles. The molecular weight excluding hydrogens is 350 g/mol. The van der Waals surface area contributed by atoms with Crippen molar-refractivity contribution in [1.29, 1.82) is 0 Å². The Bertz CT molecular complexity index is 1070. The number of ether oxygens (including phenoxy) is 1. The van der Waals surface area contributed by atoms with Gasteiger partial charge in [0, 0.05) is 38.1 Å². The molecule has 5 heteroatoms. The number of allylic oxidation sites excluding steroid dienone is 2. The van der Waals surface area contributed by atoms with E-state index in [0.717, 1.165) is 55.1 Å². The maximum atomic E-state index is 13.1. The Labute approximate surface area is 165 Å². The van der Waals surface area contributed by atoms with Gasteiger partial charge in [0.25, 0.3) is 5.56 Å².